The van der Waals surface area contributed by atoms with Crippen LogP contribution in [0.4, 0.5) is 4.79 Å². The number of carbonyl (C=O) groups excluding carboxylic acids is 2. The zero-order valence-corrected chi connectivity index (χ0v) is 19.9. The Bertz CT molecular complexity index is 966. The van der Waals surface area contributed by atoms with Crippen molar-refractivity contribution >= 4 is 29.7 Å². The van der Waals surface area contributed by atoms with Gasteiger partial charge in [-0.05, 0) is 54.5 Å². The number of nitrogens with zero attached hydrogens (tertiary/aromatic N) is 1. The summed E-state index contributed by atoms with van der Waals surface area (Å²) in [5.74, 6) is -0.952. The Labute approximate surface area is 198 Å². The van der Waals surface area contributed by atoms with Gasteiger partial charge < -0.3 is 20.1 Å². The quantitative estimate of drug-likeness (QED) is 0.546. The number of ether oxygens (including phenoxy) is 1. The van der Waals surface area contributed by atoms with E-state index in [2.05, 4.69) is 17.4 Å². The Balaban J connectivity index is 1.70. The lowest BCUT2D eigenvalue weighted by atomic mass is 9.98. The molecular weight excluding hydrogens is 440 g/mol. The maximum absolute atomic E-state index is 13.0. The van der Waals surface area contributed by atoms with E-state index in [1.807, 2.05) is 42.7 Å². The number of likely N-dealkylation sites (N-methyl/N-ethyl adjacent to an activating group) is 1. The summed E-state index contributed by atoms with van der Waals surface area (Å²) >= 11 is 1.55. The van der Waals surface area contributed by atoms with Crippen molar-refractivity contribution in [2.24, 2.45) is 0 Å². The van der Waals surface area contributed by atoms with Crippen molar-refractivity contribution in [3.05, 3.63) is 59.7 Å². The molecule has 0 fully saturated rings. The normalized spacial score (nSPS) is 14.0. The number of hydrogen-bond donors (Lipinski definition) is 2. The van der Waals surface area contributed by atoms with Crippen LogP contribution in [0.25, 0.3) is 11.1 Å². The molecule has 0 heterocycles. The maximum Gasteiger partial charge on any atom is 0.407 e. The van der Waals surface area contributed by atoms with Crippen LogP contribution in [0.1, 0.15) is 37.3 Å². The molecule has 0 aromatic heterocycles. The van der Waals surface area contributed by atoms with Gasteiger partial charge in [0.1, 0.15) is 18.7 Å². The number of carboxylic acids is 1. The highest BCUT2D eigenvalue weighted by atomic mass is 32.2. The molecule has 2 atom stereocenters. The number of fused-ring (bicyclic) bond motifs is 3. The van der Waals surface area contributed by atoms with Crippen LogP contribution in [-0.2, 0) is 14.3 Å². The average Bonchev–Trinajstić information content (AvgIpc) is 3.14. The number of hydrogen-bond acceptors (Lipinski definition) is 5. The minimum absolute atomic E-state index is 0.0809. The van der Waals surface area contributed by atoms with Crippen LogP contribution in [-0.4, -0.2) is 65.2 Å². The van der Waals surface area contributed by atoms with Gasteiger partial charge >= 0.3 is 12.1 Å². The zero-order valence-electron chi connectivity index (χ0n) is 19.1. The molecule has 1 aliphatic rings. The van der Waals surface area contributed by atoms with Crippen LogP contribution in [0.15, 0.2) is 48.5 Å². The first kappa shape index (κ1) is 24.6. The third-order valence-corrected chi connectivity index (χ3v) is 6.64. The van der Waals surface area contributed by atoms with Gasteiger partial charge in [0.25, 0.3) is 0 Å². The second-order valence-corrected chi connectivity index (χ2v) is 8.93. The number of benzene rings is 2. The predicted octanol–water partition coefficient (Wildman–Crippen LogP) is 3.97. The Morgan fingerprint density at radius 2 is 1.67 bits per heavy atom. The molecule has 176 valence electrons. The standard InChI is InChI=1S/C25H30N2O5S/c1-4-27(16(2)24(29)30)23(28)22(13-14-33-3)26-25(31)32-15-21-19-11-7-5-9-17(19)18-10-6-8-12-20(18)21/h5-12,16,21-22H,4,13-15H2,1-3H3,(H,26,31)(H,29,30). The van der Waals surface area contributed by atoms with E-state index in [0.717, 1.165) is 22.3 Å². The highest BCUT2D eigenvalue weighted by molar-refractivity contribution is 7.98. The molecule has 0 spiro atoms. The van der Waals surface area contributed by atoms with Crippen molar-refractivity contribution in [2.75, 3.05) is 25.2 Å². The number of rotatable bonds is 10. The van der Waals surface area contributed by atoms with Crippen molar-refractivity contribution in [2.45, 2.75) is 38.3 Å². The van der Waals surface area contributed by atoms with Gasteiger partial charge in [-0.25, -0.2) is 9.59 Å². The highest BCUT2D eigenvalue weighted by Gasteiger charge is 2.32. The van der Waals surface area contributed by atoms with Crippen LogP contribution >= 0.6 is 11.8 Å². The molecule has 1 aliphatic carbocycles. The molecule has 0 aliphatic heterocycles. The molecule has 2 unspecified atom stereocenters. The van der Waals surface area contributed by atoms with Crippen molar-refractivity contribution in [1.29, 1.82) is 0 Å². The summed E-state index contributed by atoms with van der Waals surface area (Å²) in [5.41, 5.74) is 4.48. The van der Waals surface area contributed by atoms with E-state index >= 15 is 0 Å². The fraction of sp³-hybridized carbons (Fsp3) is 0.400. The Morgan fingerprint density at radius 3 is 2.18 bits per heavy atom. The molecule has 2 amide bonds. The third-order valence-electron chi connectivity index (χ3n) is 5.99. The largest absolute Gasteiger partial charge is 0.480 e. The second-order valence-electron chi connectivity index (χ2n) is 7.94. The lowest BCUT2D eigenvalue weighted by molar-refractivity contribution is -0.150. The van der Waals surface area contributed by atoms with Crippen LogP contribution in [0, 0.1) is 0 Å². The summed E-state index contributed by atoms with van der Waals surface area (Å²) in [5, 5.41) is 12.0. The second kappa shape index (κ2) is 11.2. The van der Waals surface area contributed by atoms with Crippen molar-refractivity contribution in [3.8, 4) is 11.1 Å². The molecule has 8 heteroatoms. The number of nitrogens with one attached hydrogen (secondary N) is 1. The van der Waals surface area contributed by atoms with Gasteiger partial charge in [-0.3, -0.25) is 4.79 Å². The van der Waals surface area contributed by atoms with E-state index in [0.29, 0.717) is 12.2 Å². The Kier molecular flexibility index (Phi) is 8.38. The van der Waals surface area contributed by atoms with Crippen molar-refractivity contribution in [1.82, 2.24) is 10.2 Å². The first-order valence-corrected chi connectivity index (χ1v) is 12.4. The number of carbonyl (C=O) groups is 3. The van der Waals surface area contributed by atoms with Gasteiger partial charge in [-0.1, -0.05) is 48.5 Å². The zero-order chi connectivity index (χ0) is 24.0. The molecule has 0 bridgehead atoms. The number of carboxylic acid groups (broad SMARTS) is 1. The molecule has 2 aromatic rings. The topological polar surface area (TPSA) is 95.9 Å². The summed E-state index contributed by atoms with van der Waals surface area (Å²) in [6, 6.07) is 14.3. The van der Waals surface area contributed by atoms with Crippen molar-refractivity contribution in [3.63, 3.8) is 0 Å². The molecule has 33 heavy (non-hydrogen) atoms. The van der Waals surface area contributed by atoms with E-state index in [-0.39, 0.29) is 19.1 Å². The Hall–Kier alpha value is -3.00. The third kappa shape index (κ3) is 5.50. The van der Waals surface area contributed by atoms with E-state index in [9.17, 15) is 19.5 Å². The first-order valence-electron chi connectivity index (χ1n) is 11.0. The Morgan fingerprint density at radius 1 is 1.09 bits per heavy atom. The summed E-state index contributed by atoms with van der Waals surface area (Å²) in [6.07, 6.45) is 1.61. The molecule has 0 saturated heterocycles. The van der Waals surface area contributed by atoms with Crippen LogP contribution in [0.3, 0.4) is 0 Å². The first-order chi connectivity index (χ1) is 15.9. The van der Waals surface area contributed by atoms with E-state index < -0.39 is 30.1 Å². The van der Waals surface area contributed by atoms with Crippen molar-refractivity contribution < 1.29 is 24.2 Å². The molecule has 3 rings (SSSR count). The number of aliphatic carboxylic acids is 1. The minimum Gasteiger partial charge on any atom is -0.480 e. The average molecular weight is 471 g/mol. The van der Waals surface area contributed by atoms with E-state index in [1.165, 1.54) is 11.8 Å². The van der Waals surface area contributed by atoms with Crippen LogP contribution < -0.4 is 5.32 Å². The monoisotopic (exact) mass is 470 g/mol. The van der Waals surface area contributed by atoms with Gasteiger partial charge in [0.15, 0.2) is 0 Å². The number of alkyl carbamates (subject to hydrolysis) is 1. The highest BCUT2D eigenvalue weighted by Crippen LogP contribution is 2.44. The molecular formula is C25H30N2O5S. The lowest BCUT2D eigenvalue weighted by Gasteiger charge is -2.29. The SMILES string of the molecule is CCN(C(=O)C(CCSC)NC(=O)OCC1c2ccccc2-c2ccccc21)C(C)C(=O)O. The van der Waals surface area contributed by atoms with E-state index in [4.69, 9.17) is 4.74 Å². The maximum atomic E-state index is 13.0. The fourth-order valence-electron chi connectivity index (χ4n) is 4.23. The smallest absolute Gasteiger partial charge is 0.407 e. The summed E-state index contributed by atoms with van der Waals surface area (Å²) < 4.78 is 5.58. The van der Waals surface area contributed by atoms with Gasteiger partial charge in [-0.2, -0.15) is 11.8 Å². The lowest BCUT2D eigenvalue weighted by Crippen LogP contribution is -2.53. The molecule has 7 nitrogen and oxygen atoms in total. The van der Waals surface area contributed by atoms with Gasteiger partial charge in [0.05, 0.1) is 0 Å². The molecule has 2 N–H and O–H groups in total. The summed E-state index contributed by atoms with van der Waals surface area (Å²) in [7, 11) is 0. The minimum atomic E-state index is -1.09. The number of amides is 2. The van der Waals surface area contributed by atoms with Gasteiger partial charge in [0.2, 0.25) is 5.91 Å². The molecule has 0 radical (unpaired) electrons. The fourth-order valence-corrected chi connectivity index (χ4v) is 4.70. The van der Waals surface area contributed by atoms with E-state index in [1.54, 1.807) is 18.7 Å². The molecule has 0 saturated carbocycles. The molecule has 2 aromatic carbocycles. The summed E-state index contributed by atoms with van der Waals surface area (Å²) in [4.78, 5) is 38.4. The summed E-state index contributed by atoms with van der Waals surface area (Å²) in [6.45, 7) is 3.56. The van der Waals surface area contributed by atoms with Gasteiger partial charge in [-0.15, -0.1) is 0 Å². The number of thioether (sulfide) groups is 1. The van der Waals surface area contributed by atoms with Crippen LogP contribution in [0.2, 0.25) is 0 Å². The van der Waals surface area contributed by atoms with Gasteiger partial charge in [0, 0.05) is 12.5 Å². The van der Waals surface area contributed by atoms with Crippen LogP contribution in [0.5, 0.6) is 0 Å². The predicted molar refractivity (Wildman–Crippen MR) is 129 cm³/mol.